The number of rotatable bonds is 6. The number of amides is 1. The minimum absolute atomic E-state index is 0.0300. The Morgan fingerprint density at radius 1 is 1.24 bits per heavy atom. The van der Waals surface area contributed by atoms with E-state index in [0.717, 1.165) is 34.3 Å². The van der Waals surface area contributed by atoms with E-state index >= 15 is 0 Å². The minimum atomic E-state index is -0.532. The molecule has 1 aromatic heterocycles. The number of hydrogen-bond donors (Lipinski definition) is 1. The van der Waals surface area contributed by atoms with Crippen LogP contribution in [0.2, 0.25) is 5.02 Å². The van der Waals surface area contributed by atoms with Gasteiger partial charge in [0.05, 0.1) is 19.3 Å². The summed E-state index contributed by atoms with van der Waals surface area (Å²) >= 11 is 6.30. The van der Waals surface area contributed by atoms with Gasteiger partial charge in [-0.3, -0.25) is 4.90 Å². The number of nitrogens with zero attached hydrogens (tertiary/aromatic N) is 1. The fraction of sp³-hybridized carbons (Fsp3) is 0.414. The summed E-state index contributed by atoms with van der Waals surface area (Å²) in [6, 6.07) is 13.4. The minimum Gasteiger partial charge on any atom is -0.493 e. The molecular weight excluding hydrogens is 492 g/mol. The van der Waals surface area contributed by atoms with Gasteiger partial charge >= 0.3 is 6.09 Å². The molecule has 1 fully saturated rings. The Morgan fingerprint density at radius 3 is 2.78 bits per heavy atom. The van der Waals surface area contributed by atoms with Crippen LogP contribution in [-0.4, -0.2) is 54.2 Å². The molecule has 3 heterocycles. The van der Waals surface area contributed by atoms with Crippen molar-refractivity contribution in [1.29, 1.82) is 0 Å². The van der Waals surface area contributed by atoms with E-state index in [4.69, 9.17) is 30.5 Å². The lowest BCUT2D eigenvalue weighted by Crippen LogP contribution is -2.41. The summed E-state index contributed by atoms with van der Waals surface area (Å²) in [5.41, 5.74) is 4.09. The van der Waals surface area contributed by atoms with E-state index in [1.807, 2.05) is 56.3 Å². The predicted octanol–water partition coefficient (Wildman–Crippen LogP) is 5.85. The number of H-pyrrole nitrogens is 1. The van der Waals surface area contributed by atoms with Crippen LogP contribution in [0.3, 0.4) is 0 Å². The number of aromatic amines is 1. The van der Waals surface area contributed by atoms with Crippen LogP contribution in [0.15, 0.2) is 42.5 Å². The van der Waals surface area contributed by atoms with Crippen LogP contribution in [0.4, 0.5) is 4.79 Å². The Bertz CT molecular complexity index is 1340. The molecule has 8 heteroatoms. The van der Waals surface area contributed by atoms with Gasteiger partial charge in [-0.1, -0.05) is 29.7 Å². The second-order valence-electron chi connectivity index (χ2n) is 9.69. The molecule has 0 saturated carbocycles. The number of ether oxygens (including phenoxy) is 4. The van der Waals surface area contributed by atoms with Crippen molar-refractivity contribution in [2.24, 2.45) is 0 Å². The van der Waals surface area contributed by atoms with Crippen LogP contribution in [0.25, 0.3) is 10.9 Å². The molecule has 2 atom stereocenters. The highest BCUT2D eigenvalue weighted by Crippen LogP contribution is 2.39. The second-order valence-corrected chi connectivity index (χ2v) is 10.1. The Labute approximate surface area is 222 Å². The summed E-state index contributed by atoms with van der Waals surface area (Å²) < 4.78 is 22.9. The van der Waals surface area contributed by atoms with Crippen LogP contribution in [-0.2, 0) is 20.6 Å². The zero-order valence-corrected chi connectivity index (χ0v) is 22.1. The summed E-state index contributed by atoms with van der Waals surface area (Å²) in [6.07, 6.45) is 1.08. The SMILES string of the molecule is CC#CCOC(=O)N1CCc2c([nH]c3ccc(Cl)cc23)C1c1ccc(OCC[C@H]2COC(C)(C)O2)cc1. The van der Waals surface area contributed by atoms with E-state index in [9.17, 15) is 4.79 Å². The highest BCUT2D eigenvalue weighted by molar-refractivity contribution is 6.31. The number of fused-ring (bicyclic) bond motifs is 3. The lowest BCUT2D eigenvalue weighted by molar-refractivity contribution is -0.139. The van der Waals surface area contributed by atoms with Gasteiger partial charge in [-0.2, -0.15) is 0 Å². The van der Waals surface area contributed by atoms with E-state index < -0.39 is 11.9 Å². The van der Waals surface area contributed by atoms with Crippen molar-refractivity contribution in [3.05, 3.63) is 64.3 Å². The van der Waals surface area contributed by atoms with Gasteiger partial charge in [0.25, 0.3) is 0 Å². The van der Waals surface area contributed by atoms with Crippen LogP contribution < -0.4 is 4.74 Å². The third kappa shape index (κ3) is 5.57. The first-order valence-corrected chi connectivity index (χ1v) is 12.9. The van der Waals surface area contributed by atoms with Crippen LogP contribution in [0.1, 0.15) is 50.1 Å². The molecular formula is C29H31ClN2O5. The molecule has 1 amide bonds. The van der Waals surface area contributed by atoms with Crippen molar-refractivity contribution < 1.29 is 23.7 Å². The molecule has 37 heavy (non-hydrogen) atoms. The highest BCUT2D eigenvalue weighted by atomic mass is 35.5. The smallest absolute Gasteiger partial charge is 0.411 e. The number of aromatic nitrogens is 1. The molecule has 2 aromatic carbocycles. The van der Waals surface area contributed by atoms with Gasteiger partial charge in [0.1, 0.15) is 11.8 Å². The van der Waals surface area contributed by atoms with Crippen molar-refractivity contribution in [1.82, 2.24) is 9.88 Å². The van der Waals surface area contributed by atoms with E-state index in [2.05, 4.69) is 16.8 Å². The summed E-state index contributed by atoms with van der Waals surface area (Å²) in [6.45, 7) is 7.24. The fourth-order valence-electron chi connectivity index (χ4n) is 5.02. The van der Waals surface area contributed by atoms with Gasteiger partial charge in [0, 0.05) is 34.6 Å². The second kappa shape index (κ2) is 10.7. The van der Waals surface area contributed by atoms with Crippen LogP contribution >= 0.6 is 11.6 Å². The monoisotopic (exact) mass is 522 g/mol. The first-order chi connectivity index (χ1) is 17.8. The van der Waals surface area contributed by atoms with Gasteiger partial charge in [-0.25, -0.2) is 4.79 Å². The molecule has 1 unspecified atom stereocenters. The summed E-state index contributed by atoms with van der Waals surface area (Å²) in [5.74, 6) is 5.78. The number of carbonyl (C=O) groups excluding carboxylic acids is 1. The average Bonchev–Trinajstić information content (AvgIpc) is 3.42. The largest absolute Gasteiger partial charge is 0.493 e. The Hall–Kier alpha value is -3.18. The van der Waals surface area contributed by atoms with Crippen molar-refractivity contribution in [2.45, 2.75) is 51.5 Å². The molecule has 0 bridgehead atoms. The number of nitrogens with one attached hydrogen (secondary N) is 1. The Kier molecular flexibility index (Phi) is 7.34. The van der Waals surface area contributed by atoms with Gasteiger partial charge in [-0.15, -0.1) is 5.92 Å². The fourth-order valence-corrected chi connectivity index (χ4v) is 5.19. The Morgan fingerprint density at radius 2 is 2.05 bits per heavy atom. The predicted molar refractivity (Wildman–Crippen MR) is 142 cm³/mol. The molecule has 2 aliphatic heterocycles. The molecule has 2 aliphatic rings. The lowest BCUT2D eigenvalue weighted by atomic mass is 9.92. The number of hydrogen-bond acceptors (Lipinski definition) is 5. The number of benzene rings is 2. The molecule has 3 aromatic rings. The lowest BCUT2D eigenvalue weighted by Gasteiger charge is -2.35. The van der Waals surface area contributed by atoms with Gasteiger partial charge in [0.2, 0.25) is 0 Å². The van der Waals surface area contributed by atoms with Crippen LogP contribution in [0.5, 0.6) is 5.75 Å². The molecule has 7 nitrogen and oxygen atoms in total. The number of carbonyl (C=O) groups is 1. The van der Waals surface area contributed by atoms with E-state index in [0.29, 0.717) is 31.2 Å². The maximum Gasteiger partial charge on any atom is 0.411 e. The van der Waals surface area contributed by atoms with Crippen LogP contribution in [0, 0.1) is 11.8 Å². The van der Waals surface area contributed by atoms with Crippen molar-refractivity contribution in [3.63, 3.8) is 0 Å². The quantitative estimate of drug-likeness (QED) is 0.411. The van der Waals surface area contributed by atoms with Gasteiger partial charge in [-0.05, 0) is 68.7 Å². The molecule has 0 spiro atoms. The molecule has 0 radical (unpaired) electrons. The maximum atomic E-state index is 13.1. The highest BCUT2D eigenvalue weighted by Gasteiger charge is 2.36. The van der Waals surface area contributed by atoms with E-state index in [1.54, 1.807) is 11.8 Å². The molecule has 1 N–H and O–H groups in total. The Balaban J connectivity index is 1.37. The van der Waals surface area contributed by atoms with E-state index in [-0.39, 0.29) is 18.8 Å². The first kappa shape index (κ1) is 25.5. The van der Waals surface area contributed by atoms with Crippen molar-refractivity contribution in [3.8, 4) is 17.6 Å². The summed E-state index contributed by atoms with van der Waals surface area (Å²) in [7, 11) is 0. The molecule has 5 rings (SSSR count). The normalized spacial score (nSPS) is 20.3. The summed E-state index contributed by atoms with van der Waals surface area (Å²) in [4.78, 5) is 18.4. The van der Waals surface area contributed by atoms with Crippen molar-refractivity contribution >= 4 is 28.6 Å². The van der Waals surface area contributed by atoms with Gasteiger partial charge in [0.15, 0.2) is 12.4 Å². The molecule has 0 aliphatic carbocycles. The van der Waals surface area contributed by atoms with Crippen molar-refractivity contribution in [2.75, 3.05) is 26.4 Å². The standard InChI is InChI=1S/C29H31ClN2O5/c1-4-5-15-35-28(33)32-14-12-23-24-17-20(30)8-11-25(24)31-26(23)27(32)19-6-9-21(10-7-19)34-16-13-22-18-36-29(2,3)37-22/h6-11,17,22,27,31H,12-16,18H2,1-3H3/t22-,27?/m0/s1. The average molecular weight is 523 g/mol. The third-order valence-corrected chi connectivity index (χ3v) is 6.97. The molecule has 1 saturated heterocycles. The first-order valence-electron chi connectivity index (χ1n) is 12.5. The van der Waals surface area contributed by atoms with E-state index in [1.165, 1.54) is 5.56 Å². The summed E-state index contributed by atoms with van der Waals surface area (Å²) in [5, 5.41) is 1.77. The topological polar surface area (TPSA) is 73.0 Å². The maximum absolute atomic E-state index is 13.1. The van der Waals surface area contributed by atoms with Gasteiger partial charge < -0.3 is 23.9 Å². The third-order valence-electron chi connectivity index (χ3n) is 6.74. The number of halogens is 1. The zero-order valence-electron chi connectivity index (χ0n) is 21.3. The molecule has 194 valence electrons. The zero-order chi connectivity index (χ0) is 26.0.